The third-order valence-corrected chi connectivity index (χ3v) is 5.06. The molecule has 116 valence electrons. The Bertz CT molecular complexity index is 503. The van der Waals surface area contributed by atoms with Crippen molar-refractivity contribution in [1.82, 2.24) is 4.90 Å². The van der Waals surface area contributed by atoms with Crippen LogP contribution in [0.1, 0.15) is 31.7 Å². The maximum atomic E-state index is 14.5. The molecule has 3 atom stereocenters. The van der Waals surface area contributed by atoms with Crippen molar-refractivity contribution in [2.24, 2.45) is 5.73 Å². The van der Waals surface area contributed by atoms with E-state index in [1.807, 2.05) is 19.1 Å². The Morgan fingerprint density at radius 3 is 2.76 bits per heavy atom. The van der Waals surface area contributed by atoms with Gasteiger partial charge in [-0.2, -0.15) is 0 Å². The van der Waals surface area contributed by atoms with Gasteiger partial charge in [0.15, 0.2) is 0 Å². The van der Waals surface area contributed by atoms with Gasteiger partial charge in [0.1, 0.15) is 5.82 Å². The van der Waals surface area contributed by atoms with Crippen LogP contribution in [-0.4, -0.2) is 43.2 Å². The fourth-order valence-electron chi connectivity index (χ4n) is 3.83. The van der Waals surface area contributed by atoms with Crippen molar-refractivity contribution in [2.75, 3.05) is 25.0 Å². The molecule has 0 spiro atoms. The highest BCUT2D eigenvalue weighted by Gasteiger charge is 2.35. The van der Waals surface area contributed by atoms with Crippen molar-refractivity contribution in [3.8, 4) is 0 Å². The van der Waals surface area contributed by atoms with E-state index in [4.69, 9.17) is 5.73 Å². The zero-order valence-corrected chi connectivity index (χ0v) is 13.1. The number of nitrogens with zero attached hydrogens (tertiary/aromatic N) is 2. The highest BCUT2D eigenvalue weighted by Crippen LogP contribution is 2.31. The minimum absolute atomic E-state index is 0.0674. The summed E-state index contributed by atoms with van der Waals surface area (Å²) < 4.78 is 14.5. The zero-order chi connectivity index (χ0) is 15.0. The van der Waals surface area contributed by atoms with Gasteiger partial charge < -0.3 is 10.6 Å². The first-order chi connectivity index (χ1) is 10.0. The molecule has 2 N–H and O–H groups in total. The summed E-state index contributed by atoms with van der Waals surface area (Å²) in [6, 6.07) is 6.94. The molecule has 3 nitrogen and oxygen atoms in total. The van der Waals surface area contributed by atoms with Crippen LogP contribution in [0.4, 0.5) is 10.1 Å². The molecule has 4 heteroatoms. The van der Waals surface area contributed by atoms with Crippen LogP contribution in [0.25, 0.3) is 0 Å². The average Bonchev–Trinajstić information content (AvgIpc) is 2.64. The van der Waals surface area contributed by atoms with E-state index in [1.54, 1.807) is 6.07 Å². The fraction of sp³-hybridized carbons (Fsp3) is 0.647. The summed E-state index contributed by atoms with van der Waals surface area (Å²) in [5.74, 6) is -0.103. The second-order valence-corrected chi connectivity index (χ2v) is 6.75. The highest BCUT2D eigenvalue weighted by molar-refractivity contribution is 5.50. The van der Waals surface area contributed by atoms with Crippen LogP contribution >= 0.6 is 0 Å². The summed E-state index contributed by atoms with van der Waals surface area (Å²) in [7, 11) is 2.22. The molecule has 1 aromatic rings. The maximum Gasteiger partial charge on any atom is 0.146 e. The third-order valence-electron chi connectivity index (χ3n) is 5.06. The van der Waals surface area contributed by atoms with Gasteiger partial charge in [-0.1, -0.05) is 6.07 Å². The Kier molecular flexibility index (Phi) is 4.18. The van der Waals surface area contributed by atoms with Crippen LogP contribution in [0.2, 0.25) is 0 Å². The molecular weight excluding hydrogens is 265 g/mol. The molecule has 0 aliphatic carbocycles. The van der Waals surface area contributed by atoms with Gasteiger partial charge in [0.05, 0.1) is 5.69 Å². The molecule has 2 bridgehead atoms. The first-order valence-electron chi connectivity index (χ1n) is 8.05. The van der Waals surface area contributed by atoms with Gasteiger partial charge in [-0.25, -0.2) is 4.39 Å². The van der Waals surface area contributed by atoms with Gasteiger partial charge in [0, 0.05) is 31.2 Å². The monoisotopic (exact) mass is 291 g/mol. The summed E-state index contributed by atoms with van der Waals surface area (Å²) in [5, 5.41) is 0. The van der Waals surface area contributed by atoms with Gasteiger partial charge in [-0.3, -0.25) is 4.90 Å². The van der Waals surface area contributed by atoms with Crippen LogP contribution in [0.3, 0.4) is 0 Å². The standard InChI is InChI=1S/C17H26FN3/c1-12(19)9-13-3-6-17(16(18)10-13)21-8-7-14-4-5-15(11-21)20(14)2/h3,6,10,12,14-15H,4-5,7-9,11,19H2,1-2H3. The van der Waals surface area contributed by atoms with Gasteiger partial charge in [0.25, 0.3) is 0 Å². The van der Waals surface area contributed by atoms with Crippen LogP contribution in [0.15, 0.2) is 18.2 Å². The Hall–Kier alpha value is -1.13. The van der Waals surface area contributed by atoms with E-state index in [0.717, 1.165) is 37.2 Å². The van der Waals surface area contributed by atoms with E-state index in [2.05, 4.69) is 16.8 Å². The van der Waals surface area contributed by atoms with Crippen molar-refractivity contribution in [1.29, 1.82) is 0 Å². The molecule has 0 aromatic heterocycles. The van der Waals surface area contributed by atoms with E-state index in [-0.39, 0.29) is 11.9 Å². The van der Waals surface area contributed by atoms with E-state index >= 15 is 0 Å². The predicted octanol–water partition coefficient (Wildman–Crippen LogP) is 2.39. The molecule has 2 saturated heterocycles. The maximum absolute atomic E-state index is 14.5. The number of halogens is 1. The minimum atomic E-state index is -0.103. The summed E-state index contributed by atoms with van der Waals surface area (Å²) in [5.41, 5.74) is 7.53. The zero-order valence-electron chi connectivity index (χ0n) is 13.1. The lowest BCUT2D eigenvalue weighted by Gasteiger charge is -2.28. The van der Waals surface area contributed by atoms with Crippen molar-refractivity contribution in [3.63, 3.8) is 0 Å². The van der Waals surface area contributed by atoms with E-state index < -0.39 is 0 Å². The summed E-state index contributed by atoms with van der Waals surface area (Å²) in [4.78, 5) is 4.72. The molecule has 2 heterocycles. The van der Waals surface area contributed by atoms with Crippen molar-refractivity contribution in [3.05, 3.63) is 29.6 Å². The van der Waals surface area contributed by atoms with Crippen LogP contribution in [0.5, 0.6) is 0 Å². The molecule has 0 radical (unpaired) electrons. The molecule has 0 amide bonds. The smallest absolute Gasteiger partial charge is 0.146 e. The summed E-state index contributed by atoms with van der Waals surface area (Å²) in [6.45, 7) is 3.85. The summed E-state index contributed by atoms with van der Waals surface area (Å²) >= 11 is 0. The minimum Gasteiger partial charge on any atom is -0.368 e. The normalized spacial score (nSPS) is 27.7. The average molecular weight is 291 g/mol. The number of fused-ring (bicyclic) bond motifs is 2. The lowest BCUT2D eigenvalue weighted by atomic mass is 10.0. The molecule has 1 aromatic carbocycles. The molecule has 3 rings (SSSR count). The van der Waals surface area contributed by atoms with E-state index in [1.165, 1.54) is 12.8 Å². The molecule has 2 aliphatic rings. The molecule has 21 heavy (non-hydrogen) atoms. The van der Waals surface area contributed by atoms with Crippen molar-refractivity contribution in [2.45, 2.75) is 50.7 Å². The number of hydrogen-bond acceptors (Lipinski definition) is 3. The number of hydrogen-bond donors (Lipinski definition) is 1. The van der Waals surface area contributed by atoms with Gasteiger partial charge in [-0.05, 0) is 57.4 Å². The van der Waals surface area contributed by atoms with Crippen LogP contribution in [-0.2, 0) is 6.42 Å². The number of benzene rings is 1. The number of likely N-dealkylation sites (N-methyl/N-ethyl adjacent to an activating group) is 1. The molecule has 2 aliphatic heterocycles. The molecule has 3 unspecified atom stereocenters. The van der Waals surface area contributed by atoms with E-state index in [0.29, 0.717) is 12.1 Å². The number of anilines is 1. The number of nitrogens with two attached hydrogens (primary N) is 1. The van der Waals surface area contributed by atoms with Crippen LogP contribution < -0.4 is 10.6 Å². The van der Waals surface area contributed by atoms with Gasteiger partial charge >= 0.3 is 0 Å². The number of rotatable bonds is 3. The Balaban J connectivity index is 1.77. The van der Waals surface area contributed by atoms with Gasteiger partial charge in [-0.15, -0.1) is 0 Å². The van der Waals surface area contributed by atoms with Crippen molar-refractivity contribution >= 4 is 5.69 Å². The molecule has 2 fully saturated rings. The van der Waals surface area contributed by atoms with Crippen molar-refractivity contribution < 1.29 is 4.39 Å². The van der Waals surface area contributed by atoms with Gasteiger partial charge in [0.2, 0.25) is 0 Å². The van der Waals surface area contributed by atoms with Crippen LogP contribution in [0, 0.1) is 5.82 Å². The fourth-order valence-corrected chi connectivity index (χ4v) is 3.83. The molecule has 0 saturated carbocycles. The predicted molar refractivity (Wildman–Crippen MR) is 85.2 cm³/mol. The largest absolute Gasteiger partial charge is 0.368 e. The summed E-state index contributed by atoms with van der Waals surface area (Å²) in [6.07, 6.45) is 4.39. The Labute approximate surface area is 126 Å². The Morgan fingerprint density at radius 2 is 2.05 bits per heavy atom. The molecular formula is C17H26FN3. The second kappa shape index (κ2) is 5.93. The first kappa shape index (κ1) is 14.8. The lowest BCUT2D eigenvalue weighted by Crippen LogP contribution is -2.37. The third kappa shape index (κ3) is 3.06. The first-order valence-corrected chi connectivity index (χ1v) is 8.05. The highest BCUT2D eigenvalue weighted by atomic mass is 19.1. The lowest BCUT2D eigenvalue weighted by molar-refractivity contribution is 0.254. The SMILES string of the molecule is CC(N)Cc1ccc(N2CCC3CCC(C2)N3C)c(F)c1. The topological polar surface area (TPSA) is 32.5 Å². The Morgan fingerprint density at radius 1 is 1.29 bits per heavy atom. The quantitative estimate of drug-likeness (QED) is 0.928. The second-order valence-electron chi connectivity index (χ2n) is 6.75. The van der Waals surface area contributed by atoms with E-state index in [9.17, 15) is 4.39 Å².